The van der Waals surface area contributed by atoms with Gasteiger partial charge in [-0.2, -0.15) is 5.10 Å². The van der Waals surface area contributed by atoms with Crippen molar-refractivity contribution in [2.75, 3.05) is 31.1 Å². The summed E-state index contributed by atoms with van der Waals surface area (Å²) in [6.07, 6.45) is 0. The molecule has 0 N–H and O–H groups in total. The Hall–Kier alpha value is -2.36. The molecule has 0 unspecified atom stereocenters. The van der Waals surface area contributed by atoms with Gasteiger partial charge in [-0.15, -0.1) is 0 Å². The Kier molecular flexibility index (Phi) is 4.37. The van der Waals surface area contributed by atoms with Crippen LogP contribution >= 0.6 is 0 Å². The Labute approximate surface area is 130 Å². The number of para-hydroxylation sites is 1. The van der Waals surface area contributed by atoms with E-state index in [1.165, 1.54) is 17.8 Å². The molecule has 0 bridgehead atoms. The third-order valence-electron chi connectivity index (χ3n) is 3.93. The second-order valence-corrected chi connectivity index (χ2v) is 5.47. The molecule has 0 saturated carbocycles. The van der Waals surface area contributed by atoms with Crippen molar-refractivity contribution in [3.05, 3.63) is 66.0 Å². The molecule has 3 nitrogen and oxygen atoms in total. The predicted octanol–water partition coefficient (Wildman–Crippen LogP) is 3.37. The molecule has 2 aromatic rings. The average Bonchev–Trinajstić information content (AvgIpc) is 2.57. The number of hydrazone groups is 1. The third-order valence-corrected chi connectivity index (χ3v) is 3.93. The van der Waals surface area contributed by atoms with Crippen LogP contribution in [0.2, 0.25) is 0 Å². The topological polar surface area (TPSA) is 18.8 Å². The number of piperazine rings is 1. The van der Waals surface area contributed by atoms with Crippen molar-refractivity contribution in [3.63, 3.8) is 0 Å². The second kappa shape index (κ2) is 6.60. The van der Waals surface area contributed by atoms with E-state index < -0.39 is 0 Å². The van der Waals surface area contributed by atoms with Crippen molar-refractivity contribution in [2.24, 2.45) is 5.10 Å². The molecule has 1 fully saturated rings. The first-order chi connectivity index (χ1) is 10.7. The molecule has 0 radical (unpaired) electrons. The van der Waals surface area contributed by atoms with Gasteiger partial charge in [-0.3, -0.25) is 5.01 Å². The second-order valence-electron chi connectivity index (χ2n) is 5.47. The van der Waals surface area contributed by atoms with E-state index in [0.29, 0.717) is 0 Å². The number of nitrogens with zero attached hydrogens (tertiary/aromatic N) is 3. The molecule has 0 atom stereocenters. The molecule has 2 aromatic carbocycles. The van der Waals surface area contributed by atoms with Crippen LogP contribution in [0.15, 0.2) is 59.7 Å². The van der Waals surface area contributed by atoms with E-state index in [4.69, 9.17) is 0 Å². The standard InChI is InChI=1S/C18H20FN3/c1-15(16-7-9-17(19)10-8-16)20-22-13-11-21(12-14-22)18-5-3-2-4-6-18/h2-10H,11-14H2,1H3. The van der Waals surface area contributed by atoms with Crippen LogP contribution in [0.5, 0.6) is 0 Å². The highest BCUT2D eigenvalue weighted by molar-refractivity contribution is 5.98. The van der Waals surface area contributed by atoms with Gasteiger partial charge in [0.2, 0.25) is 0 Å². The molecular weight excluding hydrogens is 277 g/mol. The molecular formula is C18H20FN3. The van der Waals surface area contributed by atoms with Crippen molar-refractivity contribution in [1.29, 1.82) is 0 Å². The Balaban J connectivity index is 1.61. The van der Waals surface area contributed by atoms with E-state index in [0.717, 1.165) is 37.5 Å². The lowest BCUT2D eigenvalue weighted by molar-refractivity contribution is 0.270. The van der Waals surface area contributed by atoms with E-state index in [9.17, 15) is 4.39 Å². The maximum absolute atomic E-state index is 13.0. The highest BCUT2D eigenvalue weighted by Gasteiger charge is 2.16. The number of hydrogen-bond donors (Lipinski definition) is 0. The number of benzene rings is 2. The SMILES string of the molecule is CC(=NN1CCN(c2ccccc2)CC1)c1ccc(F)cc1. The van der Waals surface area contributed by atoms with E-state index in [1.807, 2.05) is 13.0 Å². The fourth-order valence-electron chi connectivity index (χ4n) is 2.65. The van der Waals surface area contributed by atoms with Gasteiger partial charge >= 0.3 is 0 Å². The van der Waals surface area contributed by atoms with Crippen LogP contribution < -0.4 is 4.90 Å². The minimum Gasteiger partial charge on any atom is -0.368 e. The molecule has 0 aliphatic carbocycles. The number of hydrogen-bond acceptors (Lipinski definition) is 3. The number of rotatable bonds is 3. The van der Waals surface area contributed by atoms with Gasteiger partial charge in [-0.25, -0.2) is 4.39 Å². The normalized spacial score (nSPS) is 16.0. The summed E-state index contributed by atoms with van der Waals surface area (Å²) in [4.78, 5) is 2.37. The van der Waals surface area contributed by atoms with Gasteiger partial charge in [0.1, 0.15) is 5.82 Å². The smallest absolute Gasteiger partial charge is 0.123 e. The Morgan fingerprint density at radius 2 is 1.55 bits per heavy atom. The van der Waals surface area contributed by atoms with E-state index in [2.05, 4.69) is 39.3 Å². The summed E-state index contributed by atoms with van der Waals surface area (Å²) in [6.45, 7) is 5.69. The lowest BCUT2D eigenvalue weighted by atomic mass is 10.1. The summed E-state index contributed by atoms with van der Waals surface area (Å²) in [5.74, 6) is -0.215. The molecule has 114 valence electrons. The number of anilines is 1. The Bertz CT molecular complexity index is 629. The van der Waals surface area contributed by atoms with Crippen LogP contribution in [0.1, 0.15) is 12.5 Å². The monoisotopic (exact) mass is 297 g/mol. The van der Waals surface area contributed by atoms with Gasteiger partial charge in [0, 0.05) is 18.8 Å². The summed E-state index contributed by atoms with van der Waals surface area (Å²) in [5, 5.41) is 6.76. The van der Waals surface area contributed by atoms with Gasteiger partial charge in [0.15, 0.2) is 0 Å². The summed E-state index contributed by atoms with van der Waals surface area (Å²) >= 11 is 0. The molecule has 22 heavy (non-hydrogen) atoms. The summed E-state index contributed by atoms with van der Waals surface area (Å²) in [5.41, 5.74) is 3.15. The van der Waals surface area contributed by atoms with Gasteiger partial charge in [-0.1, -0.05) is 30.3 Å². The molecule has 1 saturated heterocycles. The van der Waals surface area contributed by atoms with Crippen LogP contribution in [0.3, 0.4) is 0 Å². The zero-order valence-corrected chi connectivity index (χ0v) is 12.7. The van der Waals surface area contributed by atoms with E-state index in [1.54, 1.807) is 12.1 Å². The van der Waals surface area contributed by atoms with Crippen molar-refractivity contribution in [2.45, 2.75) is 6.92 Å². The summed E-state index contributed by atoms with van der Waals surface area (Å²) in [7, 11) is 0. The van der Waals surface area contributed by atoms with Gasteiger partial charge < -0.3 is 4.90 Å². The Morgan fingerprint density at radius 1 is 0.909 bits per heavy atom. The maximum Gasteiger partial charge on any atom is 0.123 e. The minimum atomic E-state index is -0.215. The lowest BCUT2D eigenvalue weighted by Crippen LogP contribution is -2.44. The maximum atomic E-state index is 13.0. The van der Waals surface area contributed by atoms with Gasteiger partial charge in [-0.05, 0) is 36.8 Å². The number of halogens is 1. The first-order valence-corrected chi connectivity index (χ1v) is 7.58. The molecule has 0 spiro atoms. The van der Waals surface area contributed by atoms with Crippen LogP contribution in [-0.4, -0.2) is 36.9 Å². The molecule has 3 rings (SSSR count). The highest BCUT2D eigenvalue weighted by atomic mass is 19.1. The molecule has 0 amide bonds. The van der Waals surface area contributed by atoms with E-state index >= 15 is 0 Å². The van der Waals surface area contributed by atoms with Gasteiger partial charge in [0.25, 0.3) is 0 Å². The van der Waals surface area contributed by atoms with Crippen LogP contribution in [0.25, 0.3) is 0 Å². The first kappa shape index (κ1) is 14.6. The quantitative estimate of drug-likeness (QED) is 0.809. The third kappa shape index (κ3) is 3.45. The largest absolute Gasteiger partial charge is 0.368 e. The minimum absolute atomic E-state index is 0.215. The average molecular weight is 297 g/mol. The van der Waals surface area contributed by atoms with Crippen molar-refractivity contribution >= 4 is 11.4 Å². The van der Waals surface area contributed by atoms with Crippen molar-refractivity contribution < 1.29 is 4.39 Å². The van der Waals surface area contributed by atoms with Gasteiger partial charge in [0.05, 0.1) is 18.8 Å². The van der Waals surface area contributed by atoms with Crippen LogP contribution in [0.4, 0.5) is 10.1 Å². The molecule has 1 heterocycles. The summed E-state index contributed by atoms with van der Waals surface area (Å²) in [6, 6.07) is 16.9. The fraction of sp³-hybridized carbons (Fsp3) is 0.278. The van der Waals surface area contributed by atoms with Crippen molar-refractivity contribution in [3.8, 4) is 0 Å². The first-order valence-electron chi connectivity index (χ1n) is 7.58. The lowest BCUT2D eigenvalue weighted by Gasteiger charge is -2.34. The molecule has 0 aromatic heterocycles. The van der Waals surface area contributed by atoms with E-state index in [-0.39, 0.29) is 5.82 Å². The van der Waals surface area contributed by atoms with Crippen LogP contribution in [-0.2, 0) is 0 Å². The molecule has 1 aliphatic rings. The molecule has 1 aliphatic heterocycles. The summed E-state index contributed by atoms with van der Waals surface area (Å²) < 4.78 is 13.0. The predicted molar refractivity (Wildman–Crippen MR) is 88.8 cm³/mol. The van der Waals surface area contributed by atoms with Crippen LogP contribution in [0, 0.1) is 5.82 Å². The Morgan fingerprint density at radius 3 is 2.18 bits per heavy atom. The fourth-order valence-corrected chi connectivity index (χ4v) is 2.65. The zero-order chi connectivity index (χ0) is 15.4. The van der Waals surface area contributed by atoms with Crippen molar-refractivity contribution in [1.82, 2.24) is 5.01 Å². The molecule has 4 heteroatoms. The zero-order valence-electron chi connectivity index (χ0n) is 12.7. The highest BCUT2D eigenvalue weighted by Crippen LogP contribution is 2.16.